The minimum atomic E-state index is -0.830. The predicted molar refractivity (Wildman–Crippen MR) is 102 cm³/mol. The van der Waals surface area contributed by atoms with Crippen LogP contribution in [0.3, 0.4) is 0 Å². The van der Waals surface area contributed by atoms with Crippen LogP contribution in [0.1, 0.15) is 16.1 Å². The average Bonchev–Trinajstić information content (AvgIpc) is 2.93. The van der Waals surface area contributed by atoms with E-state index in [4.69, 9.17) is 17.3 Å². The first-order valence-corrected chi connectivity index (χ1v) is 9.85. The van der Waals surface area contributed by atoms with Gasteiger partial charge in [0.15, 0.2) is 0 Å². The molecule has 0 spiro atoms. The molecule has 134 valence electrons. The Bertz CT molecular complexity index is 796. The molecule has 25 heavy (non-hydrogen) atoms. The highest BCUT2D eigenvalue weighted by Gasteiger charge is 2.21. The van der Waals surface area contributed by atoms with Crippen LogP contribution in [-0.2, 0) is 4.79 Å². The molecule has 0 aliphatic rings. The largest absolute Gasteiger partial charge is 0.352 e. The highest BCUT2D eigenvalue weighted by atomic mass is 35.5. The zero-order valence-electron chi connectivity index (χ0n) is 13.3. The Hall–Kier alpha value is -1.97. The molecule has 7 nitrogen and oxygen atoms in total. The van der Waals surface area contributed by atoms with Gasteiger partial charge in [0.1, 0.15) is 10.9 Å². The molecule has 1 unspecified atom stereocenters. The van der Waals surface area contributed by atoms with Crippen molar-refractivity contribution >= 4 is 62.6 Å². The number of primary amides is 1. The quantitative estimate of drug-likeness (QED) is 0.556. The zero-order valence-corrected chi connectivity index (χ0v) is 15.7. The number of halogens is 1. The van der Waals surface area contributed by atoms with Crippen LogP contribution in [0.2, 0.25) is 5.02 Å². The Labute approximate surface area is 157 Å². The fraction of sp³-hybridized carbons (Fsp3) is 0.267. The summed E-state index contributed by atoms with van der Waals surface area (Å²) in [6.45, 7) is 0. The summed E-state index contributed by atoms with van der Waals surface area (Å²) >= 11 is 8.98. The number of hydrogen-bond donors (Lipinski definition) is 4. The minimum Gasteiger partial charge on any atom is -0.352 e. The monoisotopic (exact) mass is 400 g/mol. The molecule has 0 saturated heterocycles. The topological polar surface area (TPSA) is 113 Å². The van der Waals surface area contributed by atoms with Crippen molar-refractivity contribution in [1.29, 1.82) is 0 Å². The number of hydrazine groups is 1. The van der Waals surface area contributed by atoms with E-state index in [9.17, 15) is 14.4 Å². The van der Waals surface area contributed by atoms with Gasteiger partial charge in [-0.05, 0) is 24.5 Å². The standard InChI is InChI=1S/C15H17ClN4O3S2/c1-24-7-6-9(18-15(17)23)13(21)19-20-14(22)12-11(16)8-4-2-3-5-10(8)25-12/h2-5,9H,6-7H2,1H3,(H,19,21)(H,20,22)(H3,17,18,23). The van der Waals surface area contributed by atoms with Crippen LogP contribution < -0.4 is 21.9 Å². The third-order valence-corrected chi connectivity index (χ3v) is 5.60. The van der Waals surface area contributed by atoms with E-state index < -0.39 is 23.9 Å². The van der Waals surface area contributed by atoms with Crippen molar-refractivity contribution in [2.24, 2.45) is 5.73 Å². The van der Waals surface area contributed by atoms with Crippen molar-refractivity contribution in [2.45, 2.75) is 12.5 Å². The van der Waals surface area contributed by atoms with Gasteiger partial charge in [-0.25, -0.2) is 4.79 Å². The van der Waals surface area contributed by atoms with Gasteiger partial charge < -0.3 is 11.1 Å². The van der Waals surface area contributed by atoms with Crippen molar-refractivity contribution in [1.82, 2.24) is 16.2 Å². The van der Waals surface area contributed by atoms with Crippen molar-refractivity contribution in [3.63, 3.8) is 0 Å². The molecule has 2 rings (SSSR count). The molecule has 1 atom stereocenters. The first kappa shape index (κ1) is 19.4. The highest BCUT2D eigenvalue weighted by molar-refractivity contribution is 7.98. The van der Waals surface area contributed by atoms with Crippen LogP contribution in [0.4, 0.5) is 4.79 Å². The lowest BCUT2D eigenvalue weighted by Gasteiger charge is -2.17. The summed E-state index contributed by atoms with van der Waals surface area (Å²) in [5.74, 6) is -0.435. The van der Waals surface area contributed by atoms with Gasteiger partial charge in [-0.15, -0.1) is 11.3 Å². The zero-order chi connectivity index (χ0) is 18.4. The van der Waals surface area contributed by atoms with Gasteiger partial charge in [0.2, 0.25) is 0 Å². The van der Waals surface area contributed by atoms with E-state index in [1.54, 1.807) is 0 Å². The van der Waals surface area contributed by atoms with E-state index in [1.165, 1.54) is 23.1 Å². The van der Waals surface area contributed by atoms with Crippen LogP contribution in [0.5, 0.6) is 0 Å². The van der Waals surface area contributed by atoms with E-state index in [-0.39, 0.29) is 0 Å². The van der Waals surface area contributed by atoms with Gasteiger partial charge in [0, 0.05) is 10.1 Å². The SMILES string of the molecule is CSCCC(NC(N)=O)C(=O)NNC(=O)c1sc2ccccc2c1Cl. The maximum atomic E-state index is 12.3. The molecule has 1 heterocycles. The second kappa shape index (κ2) is 8.93. The molecule has 0 radical (unpaired) electrons. The summed E-state index contributed by atoms with van der Waals surface area (Å²) < 4.78 is 0.872. The lowest BCUT2D eigenvalue weighted by Crippen LogP contribution is -2.53. The van der Waals surface area contributed by atoms with Gasteiger partial charge in [-0.3, -0.25) is 20.4 Å². The minimum absolute atomic E-state index is 0.298. The molecular formula is C15H17ClN4O3S2. The second-order valence-electron chi connectivity index (χ2n) is 5.03. The number of thioether (sulfide) groups is 1. The van der Waals surface area contributed by atoms with Gasteiger partial charge in [-0.1, -0.05) is 29.8 Å². The van der Waals surface area contributed by atoms with Gasteiger partial charge in [0.05, 0.1) is 5.02 Å². The highest BCUT2D eigenvalue weighted by Crippen LogP contribution is 2.34. The summed E-state index contributed by atoms with van der Waals surface area (Å²) in [6.07, 6.45) is 2.26. The van der Waals surface area contributed by atoms with Crippen molar-refractivity contribution in [3.05, 3.63) is 34.2 Å². The lowest BCUT2D eigenvalue weighted by molar-refractivity contribution is -0.123. The van der Waals surface area contributed by atoms with Gasteiger partial charge in [-0.2, -0.15) is 11.8 Å². The van der Waals surface area contributed by atoms with Crippen LogP contribution in [0.25, 0.3) is 10.1 Å². The Morgan fingerprint density at radius 2 is 2.00 bits per heavy atom. The molecule has 0 saturated carbocycles. The second-order valence-corrected chi connectivity index (χ2v) is 7.44. The summed E-state index contributed by atoms with van der Waals surface area (Å²) in [6, 6.07) is 5.72. The lowest BCUT2D eigenvalue weighted by atomic mass is 10.2. The van der Waals surface area contributed by atoms with Crippen LogP contribution in [0, 0.1) is 0 Å². The Balaban J connectivity index is 2.02. The van der Waals surface area contributed by atoms with Crippen LogP contribution in [0.15, 0.2) is 24.3 Å². The molecule has 1 aromatic carbocycles. The fourth-order valence-electron chi connectivity index (χ4n) is 2.10. The summed E-state index contributed by atoms with van der Waals surface area (Å²) in [4.78, 5) is 35.7. The van der Waals surface area contributed by atoms with Gasteiger partial charge >= 0.3 is 6.03 Å². The molecule has 4 amide bonds. The Kier molecular flexibility index (Phi) is 6.91. The number of urea groups is 1. The number of carbonyl (C=O) groups is 3. The van der Waals surface area contributed by atoms with Gasteiger partial charge in [0.25, 0.3) is 11.8 Å². The third kappa shape index (κ3) is 5.00. The normalized spacial score (nSPS) is 11.8. The van der Waals surface area contributed by atoms with E-state index in [2.05, 4.69) is 16.2 Å². The van der Waals surface area contributed by atoms with E-state index in [1.807, 2.05) is 30.5 Å². The number of fused-ring (bicyclic) bond motifs is 1. The number of nitrogens with two attached hydrogens (primary N) is 1. The summed E-state index contributed by atoms with van der Waals surface area (Å²) in [7, 11) is 0. The van der Waals surface area contributed by atoms with E-state index >= 15 is 0 Å². The Morgan fingerprint density at radius 1 is 1.28 bits per heavy atom. The summed E-state index contributed by atoms with van der Waals surface area (Å²) in [5.41, 5.74) is 9.69. The number of nitrogens with one attached hydrogen (secondary N) is 3. The fourth-order valence-corrected chi connectivity index (χ4v) is 3.98. The third-order valence-electron chi connectivity index (χ3n) is 3.28. The number of rotatable bonds is 6. The first-order chi connectivity index (χ1) is 11.9. The van der Waals surface area contributed by atoms with Crippen LogP contribution in [-0.4, -0.2) is 35.9 Å². The average molecular weight is 401 g/mol. The first-order valence-electron chi connectivity index (χ1n) is 7.26. The Morgan fingerprint density at radius 3 is 2.64 bits per heavy atom. The smallest absolute Gasteiger partial charge is 0.312 e. The number of carbonyl (C=O) groups excluding carboxylic acids is 3. The molecule has 0 fully saturated rings. The molecule has 0 aliphatic carbocycles. The molecular weight excluding hydrogens is 384 g/mol. The molecule has 0 aliphatic heterocycles. The number of benzene rings is 1. The van der Waals surface area contributed by atoms with E-state index in [0.29, 0.717) is 22.1 Å². The summed E-state index contributed by atoms with van der Waals surface area (Å²) in [5, 5.41) is 3.46. The van der Waals surface area contributed by atoms with Crippen molar-refractivity contribution in [2.75, 3.05) is 12.0 Å². The molecule has 10 heteroatoms. The molecule has 0 bridgehead atoms. The number of hydrogen-bond acceptors (Lipinski definition) is 5. The molecule has 2 aromatic rings. The van der Waals surface area contributed by atoms with Crippen molar-refractivity contribution in [3.8, 4) is 0 Å². The molecule has 5 N–H and O–H groups in total. The van der Waals surface area contributed by atoms with E-state index in [0.717, 1.165) is 10.1 Å². The maximum Gasteiger partial charge on any atom is 0.312 e. The predicted octanol–water partition coefficient (Wildman–Crippen LogP) is 2.11. The molecule has 1 aromatic heterocycles. The maximum absolute atomic E-state index is 12.3. The number of thiophene rings is 1. The number of amides is 4. The van der Waals surface area contributed by atoms with Crippen LogP contribution >= 0.6 is 34.7 Å². The van der Waals surface area contributed by atoms with Crippen molar-refractivity contribution < 1.29 is 14.4 Å².